The number of rotatable bonds is 5. The Hall–Kier alpha value is -1.60. The van der Waals surface area contributed by atoms with Crippen molar-refractivity contribution >= 4 is 0 Å². The lowest BCUT2D eigenvalue weighted by Crippen LogP contribution is -2.27. The molecule has 3 nitrogen and oxygen atoms in total. The zero-order valence-corrected chi connectivity index (χ0v) is 9.46. The van der Waals surface area contributed by atoms with Crippen molar-refractivity contribution in [1.29, 1.82) is 5.26 Å². The number of hydrogen-bond donors (Lipinski definition) is 1. The summed E-state index contributed by atoms with van der Waals surface area (Å²) in [4.78, 5) is 0. The Morgan fingerprint density at radius 3 is 2.88 bits per heavy atom. The quantitative estimate of drug-likeness (QED) is 0.776. The molecule has 1 N–H and O–H groups in total. The average Bonchev–Trinajstić information content (AvgIpc) is 2.25. The second kappa shape index (κ2) is 6.09. The van der Waals surface area contributed by atoms with Gasteiger partial charge in [-0.2, -0.15) is 5.26 Å². The van der Waals surface area contributed by atoms with Crippen LogP contribution >= 0.6 is 0 Å². The van der Waals surface area contributed by atoms with Gasteiger partial charge in [0.2, 0.25) is 0 Å². The van der Waals surface area contributed by atoms with Gasteiger partial charge in [0, 0.05) is 12.6 Å². The van der Waals surface area contributed by atoms with Crippen LogP contribution in [0, 0.1) is 17.1 Å². The molecule has 0 amide bonds. The maximum atomic E-state index is 12.8. The molecule has 0 bridgehead atoms. The van der Waals surface area contributed by atoms with E-state index in [-0.39, 0.29) is 5.56 Å². The first-order valence-corrected chi connectivity index (χ1v) is 5.19. The third kappa shape index (κ3) is 3.87. The van der Waals surface area contributed by atoms with E-state index >= 15 is 0 Å². The van der Waals surface area contributed by atoms with Crippen LogP contribution in [0.25, 0.3) is 0 Å². The van der Waals surface area contributed by atoms with Crippen LogP contribution in [0.3, 0.4) is 0 Å². The molecule has 0 unspecified atom stereocenters. The van der Waals surface area contributed by atoms with Crippen molar-refractivity contribution in [2.24, 2.45) is 0 Å². The molecule has 1 rings (SSSR count). The van der Waals surface area contributed by atoms with Crippen LogP contribution in [0.5, 0.6) is 5.75 Å². The van der Waals surface area contributed by atoms with Crippen LogP contribution in [0.15, 0.2) is 18.2 Å². The Bertz CT molecular complexity index is 385. The van der Waals surface area contributed by atoms with E-state index in [1.54, 1.807) is 0 Å². The Labute approximate surface area is 94.8 Å². The average molecular weight is 222 g/mol. The molecule has 0 fully saturated rings. The fourth-order valence-electron chi connectivity index (χ4n) is 1.22. The van der Waals surface area contributed by atoms with Crippen molar-refractivity contribution in [1.82, 2.24) is 5.32 Å². The van der Waals surface area contributed by atoms with Crippen LogP contribution < -0.4 is 10.1 Å². The summed E-state index contributed by atoms with van der Waals surface area (Å²) in [5.74, 6) is -0.00124. The Morgan fingerprint density at radius 2 is 2.25 bits per heavy atom. The van der Waals surface area contributed by atoms with E-state index in [0.29, 0.717) is 24.9 Å². The van der Waals surface area contributed by atoms with E-state index in [2.05, 4.69) is 5.32 Å². The third-order valence-electron chi connectivity index (χ3n) is 1.97. The van der Waals surface area contributed by atoms with Crippen LogP contribution in [0.1, 0.15) is 19.4 Å². The summed E-state index contributed by atoms with van der Waals surface area (Å²) in [6.45, 7) is 5.23. The molecule has 1 aromatic carbocycles. The van der Waals surface area contributed by atoms with Crippen molar-refractivity contribution in [3.63, 3.8) is 0 Å². The van der Waals surface area contributed by atoms with E-state index < -0.39 is 5.82 Å². The summed E-state index contributed by atoms with van der Waals surface area (Å²) < 4.78 is 18.2. The van der Waals surface area contributed by atoms with Crippen LogP contribution in [-0.2, 0) is 0 Å². The predicted molar refractivity (Wildman–Crippen MR) is 59.7 cm³/mol. The topological polar surface area (TPSA) is 45.0 Å². The highest BCUT2D eigenvalue weighted by Crippen LogP contribution is 2.18. The van der Waals surface area contributed by atoms with Crippen molar-refractivity contribution in [2.45, 2.75) is 19.9 Å². The first-order chi connectivity index (χ1) is 7.63. The smallest absolute Gasteiger partial charge is 0.137 e. The SMILES string of the molecule is CC(C)NCCOc1ccc(F)cc1C#N. The molecule has 86 valence electrons. The van der Waals surface area contributed by atoms with E-state index in [4.69, 9.17) is 10.00 Å². The summed E-state index contributed by atoms with van der Waals surface area (Å²) in [5, 5.41) is 12.0. The largest absolute Gasteiger partial charge is 0.491 e. The molecule has 0 radical (unpaired) electrons. The van der Waals surface area contributed by atoms with Gasteiger partial charge in [0.1, 0.15) is 24.2 Å². The molecule has 0 atom stereocenters. The molecule has 0 aliphatic rings. The zero-order chi connectivity index (χ0) is 12.0. The van der Waals surface area contributed by atoms with Crippen LogP contribution in [0.4, 0.5) is 4.39 Å². The van der Waals surface area contributed by atoms with Crippen molar-refractivity contribution in [3.8, 4) is 11.8 Å². The molecule has 0 heterocycles. The van der Waals surface area contributed by atoms with Gasteiger partial charge < -0.3 is 10.1 Å². The minimum atomic E-state index is -0.427. The lowest BCUT2D eigenvalue weighted by atomic mass is 10.2. The zero-order valence-electron chi connectivity index (χ0n) is 9.46. The molecular weight excluding hydrogens is 207 g/mol. The highest BCUT2D eigenvalue weighted by molar-refractivity contribution is 5.42. The Kier molecular flexibility index (Phi) is 4.74. The molecule has 1 aromatic rings. The molecule has 0 aromatic heterocycles. The summed E-state index contributed by atoms with van der Waals surface area (Å²) in [7, 11) is 0. The lowest BCUT2D eigenvalue weighted by Gasteiger charge is -2.10. The summed E-state index contributed by atoms with van der Waals surface area (Å²) >= 11 is 0. The summed E-state index contributed by atoms with van der Waals surface area (Å²) in [5.41, 5.74) is 0.226. The van der Waals surface area contributed by atoms with E-state index in [1.165, 1.54) is 18.2 Å². The number of benzene rings is 1. The van der Waals surface area contributed by atoms with Crippen molar-refractivity contribution < 1.29 is 9.13 Å². The number of nitrogens with zero attached hydrogens (tertiary/aromatic N) is 1. The number of halogens is 1. The summed E-state index contributed by atoms with van der Waals surface area (Å²) in [6, 6.07) is 6.23. The van der Waals surface area contributed by atoms with Gasteiger partial charge in [-0.3, -0.25) is 0 Å². The van der Waals surface area contributed by atoms with Crippen LogP contribution in [-0.4, -0.2) is 19.2 Å². The fraction of sp³-hybridized carbons (Fsp3) is 0.417. The summed E-state index contributed by atoms with van der Waals surface area (Å²) in [6.07, 6.45) is 0. The normalized spacial score (nSPS) is 10.2. The van der Waals surface area contributed by atoms with Gasteiger partial charge in [0.15, 0.2) is 0 Å². The fourth-order valence-corrected chi connectivity index (χ4v) is 1.22. The van der Waals surface area contributed by atoms with Gasteiger partial charge in [0.05, 0.1) is 5.56 Å². The van der Waals surface area contributed by atoms with Gasteiger partial charge in [-0.15, -0.1) is 0 Å². The molecule has 16 heavy (non-hydrogen) atoms. The molecular formula is C12H15FN2O. The van der Waals surface area contributed by atoms with Gasteiger partial charge in [0.25, 0.3) is 0 Å². The van der Waals surface area contributed by atoms with Crippen molar-refractivity contribution in [3.05, 3.63) is 29.6 Å². The monoisotopic (exact) mass is 222 g/mol. The molecule has 0 saturated heterocycles. The minimum absolute atomic E-state index is 0.226. The highest BCUT2D eigenvalue weighted by atomic mass is 19.1. The third-order valence-corrected chi connectivity index (χ3v) is 1.97. The van der Waals surface area contributed by atoms with Gasteiger partial charge in [-0.25, -0.2) is 4.39 Å². The van der Waals surface area contributed by atoms with Gasteiger partial charge >= 0.3 is 0 Å². The van der Waals surface area contributed by atoms with E-state index in [0.717, 1.165) is 0 Å². The number of nitriles is 1. The minimum Gasteiger partial charge on any atom is -0.491 e. The molecule has 0 aliphatic carbocycles. The Balaban J connectivity index is 2.51. The second-order valence-corrected chi connectivity index (χ2v) is 3.71. The highest BCUT2D eigenvalue weighted by Gasteiger charge is 2.04. The van der Waals surface area contributed by atoms with Gasteiger partial charge in [-0.1, -0.05) is 13.8 Å². The second-order valence-electron chi connectivity index (χ2n) is 3.71. The van der Waals surface area contributed by atoms with E-state index in [1.807, 2.05) is 19.9 Å². The molecule has 0 aliphatic heterocycles. The predicted octanol–water partition coefficient (Wildman–Crippen LogP) is 2.07. The molecule has 4 heteroatoms. The standard InChI is InChI=1S/C12H15FN2O/c1-9(2)15-5-6-16-12-4-3-11(13)7-10(12)8-14/h3-4,7,9,15H,5-6H2,1-2H3. The first-order valence-electron chi connectivity index (χ1n) is 5.19. The number of hydrogen-bond acceptors (Lipinski definition) is 3. The lowest BCUT2D eigenvalue weighted by molar-refractivity contribution is 0.307. The van der Waals surface area contributed by atoms with E-state index in [9.17, 15) is 4.39 Å². The van der Waals surface area contributed by atoms with Gasteiger partial charge in [-0.05, 0) is 18.2 Å². The first kappa shape index (κ1) is 12.5. The molecule has 0 saturated carbocycles. The maximum absolute atomic E-state index is 12.8. The number of nitrogens with one attached hydrogen (secondary N) is 1. The number of ether oxygens (including phenoxy) is 1. The molecule has 0 spiro atoms. The maximum Gasteiger partial charge on any atom is 0.137 e. The van der Waals surface area contributed by atoms with Crippen molar-refractivity contribution in [2.75, 3.05) is 13.2 Å². The Morgan fingerprint density at radius 1 is 1.50 bits per heavy atom. The van der Waals surface area contributed by atoms with Crippen LogP contribution in [0.2, 0.25) is 0 Å².